The Bertz CT molecular complexity index is 629. The van der Waals surface area contributed by atoms with E-state index in [1.54, 1.807) is 37.3 Å². The number of hydrogen-bond acceptors (Lipinski definition) is 4. The molecule has 1 amide bonds. The van der Waals surface area contributed by atoms with Gasteiger partial charge in [-0.1, -0.05) is 11.6 Å². The number of benzene rings is 1. The van der Waals surface area contributed by atoms with Crippen LogP contribution in [-0.4, -0.2) is 11.2 Å². The number of rotatable bonds is 4. The number of aromatic nitrogens is 2. The molecule has 0 radical (unpaired) electrons. The Labute approximate surface area is 131 Å². The third kappa shape index (κ3) is 4.51. The van der Waals surface area contributed by atoms with Gasteiger partial charge in [-0.25, -0.2) is 0 Å². The highest BCUT2D eigenvalue weighted by molar-refractivity contribution is 8.00. The van der Waals surface area contributed by atoms with Gasteiger partial charge in [-0.2, -0.15) is 9.97 Å². The molecule has 0 spiro atoms. The summed E-state index contributed by atoms with van der Waals surface area (Å²) in [7, 11) is 0. The molecule has 0 aliphatic rings. The van der Waals surface area contributed by atoms with E-state index in [4.69, 9.17) is 23.1 Å². The van der Waals surface area contributed by atoms with E-state index in [-0.39, 0.29) is 11.2 Å². The summed E-state index contributed by atoms with van der Waals surface area (Å²) in [5.74, 6) is 0.725. The van der Waals surface area contributed by atoms with E-state index in [0.29, 0.717) is 27.5 Å². The molecule has 0 saturated carbocycles. The van der Waals surface area contributed by atoms with E-state index in [9.17, 15) is 4.79 Å². The Balaban J connectivity index is 2.00. The molecule has 1 aromatic heterocycles. The normalized spacial score (nSPS) is 11.9. The fourth-order valence-electron chi connectivity index (χ4n) is 1.60. The van der Waals surface area contributed by atoms with Crippen LogP contribution in [0.5, 0.6) is 0 Å². The maximum Gasteiger partial charge on any atom is 0.375 e. The van der Waals surface area contributed by atoms with E-state index in [0.717, 1.165) is 0 Å². The largest absolute Gasteiger partial charge is 0.375 e. The van der Waals surface area contributed by atoms with Gasteiger partial charge in [-0.3, -0.25) is 10.5 Å². The first kappa shape index (κ1) is 15.4. The third-order valence-corrected chi connectivity index (χ3v) is 3.86. The molecule has 2 rings (SSSR count). The summed E-state index contributed by atoms with van der Waals surface area (Å²) >= 11 is 7.09. The zero-order chi connectivity index (χ0) is 15.4. The molecular formula is C13H16ClN5OS+2. The van der Waals surface area contributed by atoms with Crippen molar-refractivity contribution in [3.63, 3.8) is 0 Å². The minimum atomic E-state index is -0.339. The number of aromatic amines is 2. The number of H-pyrrole nitrogens is 2. The van der Waals surface area contributed by atoms with Gasteiger partial charge >= 0.3 is 11.0 Å². The minimum absolute atomic E-state index is 0.134. The van der Waals surface area contributed by atoms with Crippen LogP contribution in [0, 0.1) is 0 Å². The Morgan fingerprint density at radius 3 is 2.38 bits per heavy atom. The average Bonchev–Trinajstić information content (AvgIpc) is 2.40. The van der Waals surface area contributed by atoms with E-state index >= 15 is 0 Å². The molecule has 8 heteroatoms. The fourth-order valence-corrected chi connectivity index (χ4v) is 2.60. The predicted molar refractivity (Wildman–Crippen MR) is 83.8 cm³/mol. The molecule has 21 heavy (non-hydrogen) atoms. The van der Waals surface area contributed by atoms with Crippen LogP contribution in [0.3, 0.4) is 0 Å². The number of nitrogens with one attached hydrogen (secondary N) is 3. The summed E-state index contributed by atoms with van der Waals surface area (Å²) in [6, 6.07) is 8.50. The van der Waals surface area contributed by atoms with Crippen LogP contribution in [0.25, 0.3) is 0 Å². The lowest BCUT2D eigenvalue weighted by Gasteiger charge is -2.09. The molecule has 1 heterocycles. The third-order valence-electron chi connectivity index (χ3n) is 2.60. The van der Waals surface area contributed by atoms with Gasteiger partial charge in [0, 0.05) is 10.7 Å². The van der Waals surface area contributed by atoms with Crippen LogP contribution < -0.4 is 26.8 Å². The maximum absolute atomic E-state index is 12.1. The van der Waals surface area contributed by atoms with Crippen LogP contribution >= 0.6 is 23.4 Å². The number of carbonyl (C=O) groups is 1. The van der Waals surface area contributed by atoms with Crippen LogP contribution in [0.15, 0.2) is 35.5 Å². The number of anilines is 3. The Kier molecular flexibility index (Phi) is 4.87. The van der Waals surface area contributed by atoms with Crippen molar-refractivity contribution in [2.24, 2.45) is 0 Å². The quantitative estimate of drug-likeness (QED) is 0.580. The second kappa shape index (κ2) is 6.64. The van der Waals surface area contributed by atoms with Crippen molar-refractivity contribution in [3.8, 4) is 0 Å². The summed E-state index contributed by atoms with van der Waals surface area (Å²) in [4.78, 5) is 17.9. The van der Waals surface area contributed by atoms with Crippen LogP contribution in [-0.2, 0) is 4.79 Å². The van der Waals surface area contributed by atoms with E-state index < -0.39 is 0 Å². The molecule has 0 aliphatic carbocycles. The van der Waals surface area contributed by atoms with Crippen molar-refractivity contribution in [3.05, 3.63) is 35.4 Å². The Morgan fingerprint density at radius 2 is 1.81 bits per heavy atom. The van der Waals surface area contributed by atoms with Gasteiger partial charge in [0.25, 0.3) is 0 Å². The van der Waals surface area contributed by atoms with Crippen molar-refractivity contribution >= 4 is 46.6 Å². The molecule has 2 aromatic rings. The molecule has 0 fully saturated rings. The molecule has 1 aromatic carbocycles. The number of nitrogen functional groups attached to an aromatic ring is 2. The minimum Gasteiger partial charge on any atom is -0.359 e. The molecule has 6 nitrogen and oxygen atoms in total. The average molecular weight is 326 g/mol. The topological polar surface area (TPSA) is 109 Å². The van der Waals surface area contributed by atoms with Crippen LogP contribution in [0.4, 0.5) is 17.3 Å². The molecule has 0 bridgehead atoms. The van der Waals surface area contributed by atoms with E-state index in [2.05, 4.69) is 15.3 Å². The number of carbonyl (C=O) groups excluding carboxylic acids is 1. The number of halogens is 1. The predicted octanol–water partition coefficient (Wildman–Crippen LogP) is 1.25. The highest BCUT2D eigenvalue weighted by atomic mass is 35.5. The summed E-state index contributed by atoms with van der Waals surface area (Å²) in [5.41, 5.74) is 12.0. The van der Waals surface area contributed by atoms with Gasteiger partial charge in [0.15, 0.2) is 0 Å². The maximum atomic E-state index is 12.1. The van der Waals surface area contributed by atoms with Gasteiger partial charge in [0.1, 0.15) is 6.07 Å². The molecule has 1 atom stereocenters. The molecular weight excluding hydrogens is 310 g/mol. The summed E-state index contributed by atoms with van der Waals surface area (Å²) in [6.07, 6.45) is 0. The van der Waals surface area contributed by atoms with Crippen molar-refractivity contribution in [1.82, 2.24) is 0 Å². The van der Waals surface area contributed by atoms with Gasteiger partial charge in [-0.15, -0.1) is 0 Å². The molecule has 0 aliphatic heterocycles. The SMILES string of the molecule is CC(Sc1[nH+]c(N)cc(N)[nH+]1)C(=O)Nc1ccc(Cl)cc1. The number of nitrogens with two attached hydrogens (primary N) is 2. The van der Waals surface area contributed by atoms with Crippen molar-refractivity contribution in [2.45, 2.75) is 17.3 Å². The van der Waals surface area contributed by atoms with Crippen LogP contribution in [0.2, 0.25) is 5.02 Å². The highest BCUT2D eigenvalue weighted by Gasteiger charge is 2.21. The zero-order valence-electron chi connectivity index (χ0n) is 11.3. The van der Waals surface area contributed by atoms with E-state index in [1.165, 1.54) is 11.8 Å². The second-order valence-corrected chi connectivity index (χ2v) is 6.18. The van der Waals surface area contributed by atoms with Gasteiger partial charge in [0.2, 0.25) is 11.7 Å². The van der Waals surface area contributed by atoms with Crippen molar-refractivity contribution in [2.75, 3.05) is 16.8 Å². The summed E-state index contributed by atoms with van der Waals surface area (Å²) in [5, 5.41) is 3.71. The monoisotopic (exact) mass is 325 g/mol. The first-order valence-corrected chi connectivity index (χ1v) is 7.43. The highest BCUT2D eigenvalue weighted by Crippen LogP contribution is 2.19. The van der Waals surface area contributed by atoms with Crippen molar-refractivity contribution in [1.29, 1.82) is 0 Å². The molecule has 0 saturated heterocycles. The van der Waals surface area contributed by atoms with E-state index in [1.807, 2.05) is 0 Å². The first-order chi connectivity index (χ1) is 9.94. The Morgan fingerprint density at radius 1 is 1.24 bits per heavy atom. The smallest absolute Gasteiger partial charge is 0.359 e. The lowest BCUT2D eigenvalue weighted by atomic mass is 10.3. The van der Waals surface area contributed by atoms with Gasteiger partial charge in [0.05, 0.1) is 5.25 Å². The van der Waals surface area contributed by atoms with Crippen LogP contribution in [0.1, 0.15) is 6.92 Å². The molecule has 7 N–H and O–H groups in total. The van der Waals surface area contributed by atoms with Gasteiger partial charge in [-0.05, 0) is 43.0 Å². The summed E-state index contributed by atoms with van der Waals surface area (Å²) < 4.78 is 0. The standard InChI is InChI=1S/C13H14ClN5OS/c1-7(21-13-18-10(15)6-11(16)19-13)12(20)17-9-4-2-8(14)3-5-9/h2-7H,1H3,(H,17,20)(H4,15,16,18,19)/p+2. The molecule has 110 valence electrons. The lowest BCUT2D eigenvalue weighted by Crippen LogP contribution is -2.30. The summed E-state index contributed by atoms with van der Waals surface area (Å²) in [6.45, 7) is 1.79. The van der Waals surface area contributed by atoms with Gasteiger partial charge < -0.3 is 11.1 Å². The molecule has 1 unspecified atom stereocenters. The lowest BCUT2D eigenvalue weighted by molar-refractivity contribution is -0.590. The number of amides is 1. The Hall–Kier alpha value is -1.99. The zero-order valence-corrected chi connectivity index (χ0v) is 12.9. The fraction of sp³-hybridized carbons (Fsp3) is 0.154. The number of thioether (sulfide) groups is 1. The van der Waals surface area contributed by atoms with Crippen molar-refractivity contribution < 1.29 is 14.8 Å². The number of hydrogen-bond donors (Lipinski definition) is 3. The second-order valence-electron chi connectivity index (χ2n) is 4.39. The first-order valence-electron chi connectivity index (χ1n) is 6.18.